The van der Waals surface area contributed by atoms with Crippen LogP contribution in [0.15, 0.2) is 0 Å². The summed E-state index contributed by atoms with van der Waals surface area (Å²) >= 11 is 0. The van der Waals surface area contributed by atoms with E-state index in [1.54, 1.807) is 0 Å². The fourth-order valence-corrected chi connectivity index (χ4v) is 10.4. The fourth-order valence-electron chi connectivity index (χ4n) is 10.4. The van der Waals surface area contributed by atoms with Crippen LogP contribution in [0.1, 0.15) is 156 Å². The third-order valence-corrected chi connectivity index (χ3v) is 13.4. The maximum absolute atomic E-state index is 14.0. The van der Waals surface area contributed by atoms with Gasteiger partial charge in [-0.1, -0.05) is 66.2 Å². The van der Waals surface area contributed by atoms with Gasteiger partial charge >= 0.3 is 5.97 Å². The van der Waals surface area contributed by atoms with Crippen molar-refractivity contribution in [3.05, 3.63) is 0 Å². The standard InChI is InChI=1S/C39H68N4O5.BrH/c1-5-7-9-13-31(41)35(45)42-32(14-11-12-24-40)36(46)43-33(15-10-8-6-2)37(47)48-34-19-18-29-28-17-16-26-25-27(44)20-22-38(26,3)30(28)21-23-39(29,34)4;/h26,28-34H,5-25,40-41H2,1-4H3,(H,42,45)(H,43,46);1H/t26-,28?,29?,30?,31-,32?,33-,34-,38-,39-;/m0./s1. The van der Waals surface area contributed by atoms with Crippen LogP contribution in [0.25, 0.3) is 0 Å². The van der Waals surface area contributed by atoms with Crippen LogP contribution >= 0.6 is 0 Å². The molecular formula is C39H69BrN4O5. The normalized spacial score (nSPS) is 32.4. The second-order valence-electron chi connectivity index (χ2n) is 16.5. The summed E-state index contributed by atoms with van der Waals surface area (Å²) in [6.45, 7) is 9.81. The molecule has 0 aromatic carbocycles. The first-order chi connectivity index (χ1) is 23.0. The Morgan fingerprint density at radius 2 is 1.45 bits per heavy atom. The van der Waals surface area contributed by atoms with Gasteiger partial charge in [-0.3, -0.25) is 14.4 Å². The Hall–Kier alpha value is -1.52. The van der Waals surface area contributed by atoms with Crippen LogP contribution < -0.4 is 39.1 Å². The van der Waals surface area contributed by atoms with Crippen LogP contribution in [-0.4, -0.2) is 54.3 Å². The van der Waals surface area contributed by atoms with Crippen molar-refractivity contribution >= 4 is 23.6 Å². The molecule has 4 unspecified atom stereocenters. The van der Waals surface area contributed by atoms with Crippen LogP contribution in [0.3, 0.4) is 0 Å². The minimum absolute atomic E-state index is 0. The van der Waals surface area contributed by atoms with Crippen molar-refractivity contribution < 1.29 is 46.6 Å². The molecule has 0 aromatic heterocycles. The third-order valence-electron chi connectivity index (χ3n) is 13.4. The van der Waals surface area contributed by atoms with Crippen LogP contribution in [0.4, 0.5) is 0 Å². The molecule has 4 aliphatic carbocycles. The summed E-state index contributed by atoms with van der Waals surface area (Å²) in [6, 6.07) is -2.16. The highest BCUT2D eigenvalue weighted by atomic mass is 79.9. The number of nitrogens with one attached hydrogen (secondary N) is 2. The lowest BCUT2D eigenvalue weighted by molar-refractivity contribution is -0.368. The van der Waals surface area contributed by atoms with E-state index in [-0.39, 0.29) is 51.7 Å². The minimum Gasteiger partial charge on any atom is -1.00 e. The molecule has 49 heavy (non-hydrogen) atoms. The number of Topliss-reactive ketones (excluding diaryl/α,β-unsaturated/α-hetero) is 1. The Morgan fingerprint density at radius 3 is 2.14 bits per heavy atom. The summed E-state index contributed by atoms with van der Waals surface area (Å²) in [5.41, 5.74) is 10.3. The monoisotopic (exact) mass is 752 g/mol. The molecule has 0 radical (unpaired) electrons. The van der Waals surface area contributed by atoms with Gasteiger partial charge in [-0.2, -0.15) is 0 Å². The summed E-state index contributed by atoms with van der Waals surface area (Å²) in [4.78, 5) is 53.0. The number of nitrogens with two attached hydrogens (primary N) is 1. The van der Waals surface area contributed by atoms with E-state index in [0.29, 0.717) is 48.7 Å². The number of carbonyl (C=O) groups is 4. The highest BCUT2D eigenvalue weighted by Gasteiger charge is 2.61. The van der Waals surface area contributed by atoms with Crippen molar-refractivity contribution in [2.24, 2.45) is 40.2 Å². The molecule has 0 aliphatic heterocycles. The second-order valence-corrected chi connectivity index (χ2v) is 16.5. The van der Waals surface area contributed by atoms with Crippen molar-refractivity contribution in [2.75, 3.05) is 6.54 Å². The van der Waals surface area contributed by atoms with E-state index >= 15 is 0 Å². The fraction of sp³-hybridized carbons (Fsp3) is 0.897. The average Bonchev–Trinajstić information content (AvgIpc) is 3.39. The van der Waals surface area contributed by atoms with Crippen molar-refractivity contribution in [3.8, 4) is 0 Å². The number of halogens is 1. The Morgan fingerprint density at radius 1 is 0.816 bits per heavy atom. The van der Waals surface area contributed by atoms with Gasteiger partial charge in [0.15, 0.2) is 0 Å². The highest BCUT2D eigenvalue weighted by molar-refractivity contribution is 5.92. The number of quaternary nitrogens is 1. The molecule has 4 fully saturated rings. The van der Waals surface area contributed by atoms with E-state index < -0.39 is 18.1 Å². The van der Waals surface area contributed by atoms with Gasteiger partial charge in [0.25, 0.3) is 0 Å². The van der Waals surface area contributed by atoms with E-state index in [1.165, 1.54) is 6.42 Å². The average molecular weight is 754 g/mol. The maximum atomic E-state index is 14.0. The number of rotatable bonds is 18. The summed E-state index contributed by atoms with van der Waals surface area (Å²) in [6.07, 6.45) is 17.7. The zero-order chi connectivity index (χ0) is 34.9. The molecule has 7 N–H and O–H groups in total. The first-order valence-corrected chi connectivity index (χ1v) is 19.9. The van der Waals surface area contributed by atoms with Crippen LogP contribution in [0, 0.1) is 34.5 Å². The van der Waals surface area contributed by atoms with Gasteiger partial charge in [0.05, 0.1) is 12.6 Å². The Kier molecular flexibility index (Phi) is 16.5. The van der Waals surface area contributed by atoms with Gasteiger partial charge in [0.2, 0.25) is 11.8 Å². The van der Waals surface area contributed by atoms with E-state index in [9.17, 15) is 19.2 Å². The van der Waals surface area contributed by atoms with Crippen molar-refractivity contribution in [2.45, 2.75) is 180 Å². The molecule has 9 nitrogen and oxygen atoms in total. The van der Waals surface area contributed by atoms with Gasteiger partial charge in [-0.25, -0.2) is 4.79 Å². The predicted molar refractivity (Wildman–Crippen MR) is 188 cm³/mol. The number of fused-ring (bicyclic) bond motifs is 5. The van der Waals surface area contributed by atoms with E-state index in [0.717, 1.165) is 109 Å². The first-order valence-electron chi connectivity index (χ1n) is 19.9. The molecule has 282 valence electrons. The predicted octanol–water partition coefficient (Wildman–Crippen LogP) is 2.38. The molecule has 0 aromatic rings. The summed E-state index contributed by atoms with van der Waals surface area (Å²) < 4.78 is 6.44. The van der Waals surface area contributed by atoms with Crippen LogP contribution in [0.5, 0.6) is 0 Å². The number of esters is 1. The number of carbonyl (C=O) groups excluding carboxylic acids is 4. The van der Waals surface area contributed by atoms with E-state index in [2.05, 4.69) is 44.1 Å². The van der Waals surface area contributed by atoms with Gasteiger partial charge in [0.1, 0.15) is 24.0 Å². The molecule has 2 amide bonds. The Balaban J connectivity index is 0.00000650. The molecule has 0 heterocycles. The smallest absolute Gasteiger partial charge is 0.328 e. The molecular weight excluding hydrogens is 684 g/mol. The van der Waals surface area contributed by atoms with Crippen molar-refractivity contribution in [1.82, 2.24) is 10.6 Å². The zero-order valence-electron chi connectivity index (χ0n) is 31.2. The Labute approximate surface area is 307 Å². The minimum atomic E-state index is -0.752. The lowest BCUT2D eigenvalue weighted by Crippen LogP contribution is -3.00. The molecule has 10 atom stereocenters. The molecule has 0 spiro atoms. The molecule has 0 bridgehead atoms. The number of ketones is 1. The zero-order valence-corrected chi connectivity index (χ0v) is 32.8. The molecule has 0 saturated heterocycles. The molecule has 4 rings (SSSR count). The molecule has 10 heteroatoms. The van der Waals surface area contributed by atoms with Gasteiger partial charge in [-0.15, -0.1) is 0 Å². The van der Waals surface area contributed by atoms with E-state index in [4.69, 9.17) is 10.5 Å². The maximum Gasteiger partial charge on any atom is 0.328 e. The number of ether oxygens (including phenoxy) is 1. The first kappa shape index (κ1) is 41.9. The number of unbranched alkanes of at least 4 members (excludes halogenated alkanes) is 5. The van der Waals surface area contributed by atoms with Gasteiger partial charge < -0.3 is 43.8 Å². The van der Waals surface area contributed by atoms with Crippen LogP contribution in [-0.2, 0) is 23.9 Å². The third kappa shape index (κ3) is 10.1. The summed E-state index contributed by atoms with van der Waals surface area (Å²) in [5.74, 6) is 1.78. The topological polar surface area (TPSA) is 155 Å². The summed E-state index contributed by atoms with van der Waals surface area (Å²) in [5, 5.41) is 5.95. The number of hydrogen-bond donors (Lipinski definition) is 4. The van der Waals surface area contributed by atoms with Gasteiger partial charge in [-0.05, 0) is 106 Å². The summed E-state index contributed by atoms with van der Waals surface area (Å²) in [7, 11) is 0. The molecule has 4 aliphatic rings. The highest BCUT2D eigenvalue weighted by Crippen LogP contribution is 2.66. The Bertz CT molecular complexity index is 1110. The lowest BCUT2D eigenvalue weighted by atomic mass is 9.45. The largest absolute Gasteiger partial charge is 1.00 e. The number of amides is 2. The van der Waals surface area contributed by atoms with E-state index in [1.807, 2.05) is 0 Å². The second kappa shape index (κ2) is 19.4. The van der Waals surface area contributed by atoms with Crippen LogP contribution in [0.2, 0.25) is 0 Å². The van der Waals surface area contributed by atoms with Crippen molar-refractivity contribution in [1.29, 1.82) is 0 Å². The SMILES string of the molecule is CCCCC[C@H](NC(=O)C(CCCC[NH3+])NC(=O)[C@@H](N)CCCCC)C(=O)O[C@H]1CCC2C3CC[C@H]4CC(=O)CC[C@]4(C)C3CC[C@@]21C.[Br-]. The lowest BCUT2D eigenvalue weighted by Gasteiger charge is -2.60. The molecule has 4 saturated carbocycles. The quantitative estimate of drug-likeness (QED) is 0.125. The number of hydrogen-bond acceptors (Lipinski definition) is 6. The van der Waals surface area contributed by atoms with Crippen molar-refractivity contribution in [3.63, 3.8) is 0 Å². The van der Waals surface area contributed by atoms with Gasteiger partial charge in [0, 0.05) is 18.3 Å².